The summed E-state index contributed by atoms with van der Waals surface area (Å²) in [5.41, 5.74) is 13.0. The van der Waals surface area contributed by atoms with E-state index in [0.29, 0.717) is 24.7 Å². The van der Waals surface area contributed by atoms with E-state index in [1.165, 1.54) is 44.9 Å². The van der Waals surface area contributed by atoms with Gasteiger partial charge in [0.25, 0.3) is 0 Å². The zero-order valence-corrected chi connectivity index (χ0v) is 24.8. The number of nitrogens with zero attached hydrogens (tertiary/aromatic N) is 2. The number of piperidine rings is 2. The first-order chi connectivity index (χ1) is 18.9. The van der Waals surface area contributed by atoms with Crippen LogP contribution in [0.1, 0.15) is 70.6 Å². The highest BCUT2D eigenvalue weighted by atomic mass is 35.5. The van der Waals surface area contributed by atoms with Crippen LogP contribution in [0, 0.1) is 11.3 Å². The van der Waals surface area contributed by atoms with Crippen LogP contribution in [0.5, 0.6) is 0 Å². The van der Waals surface area contributed by atoms with Crippen LogP contribution >= 0.6 is 11.6 Å². The van der Waals surface area contributed by atoms with Gasteiger partial charge < -0.3 is 32.2 Å². The van der Waals surface area contributed by atoms with Crippen LogP contribution in [-0.2, 0) is 9.53 Å². The number of nitrogens with two attached hydrogens (primary N) is 2. The third kappa shape index (κ3) is 7.28. The Balaban J connectivity index is 1.22. The van der Waals surface area contributed by atoms with Crippen molar-refractivity contribution in [3.63, 3.8) is 0 Å². The topological polar surface area (TPSA) is 121 Å². The minimum Gasteiger partial charge on any atom is -0.379 e. The number of likely N-dealkylation sites (tertiary alicyclic amines) is 2. The van der Waals surface area contributed by atoms with Gasteiger partial charge in [-0.2, -0.15) is 0 Å². The Bertz CT molecular complexity index is 784. The highest BCUT2D eigenvalue weighted by molar-refractivity contribution is 6.20. The summed E-state index contributed by atoms with van der Waals surface area (Å²) in [6.07, 6.45) is 12.5. The van der Waals surface area contributed by atoms with Crippen molar-refractivity contribution < 1.29 is 9.53 Å². The summed E-state index contributed by atoms with van der Waals surface area (Å²) in [5.74, 6) is -0.473. The van der Waals surface area contributed by atoms with Gasteiger partial charge in [-0.05, 0) is 63.3 Å². The lowest BCUT2D eigenvalue weighted by atomic mass is 9.65. The first-order valence-corrected chi connectivity index (χ1v) is 16.2. The second-order valence-electron chi connectivity index (χ2n) is 13.3. The van der Waals surface area contributed by atoms with E-state index in [-0.39, 0.29) is 28.8 Å². The van der Waals surface area contributed by atoms with Crippen LogP contribution in [0.25, 0.3) is 0 Å². The zero-order valence-electron chi connectivity index (χ0n) is 24.1. The predicted octanol–water partition coefficient (Wildman–Crippen LogP) is 1.19. The number of hydrogen-bond acceptors (Lipinski definition) is 8. The predicted molar refractivity (Wildman–Crippen MR) is 157 cm³/mol. The molecule has 4 saturated heterocycles. The molecule has 0 aromatic carbocycles. The van der Waals surface area contributed by atoms with Crippen LogP contribution in [0.2, 0.25) is 0 Å². The van der Waals surface area contributed by atoms with E-state index in [1.54, 1.807) is 0 Å². The molecule has 224 valence electrons. The molecule has 0 bridgehead atoms. The molecule has 0 radical (unpaired) electrons. The third-order valence-corrected chi connectivity index (χ3v) is 11.1. The van der Waals surface area contributed by atoms with Gasteiger partial charge in [-0.15, -0.1) is 11.6 Å². The average Bonchev–Trinajstić information content (AvgIpc) is 2.90. The number of rotatable bonds is 7. The molecule has 4 aliphatic heterocycles. The molecule has 5 fully saturated rings. The molecule has 9 nitrogen and oxygen atoms in total. The van der Waals surface area contributed by atoms with Crippen LogP contribution < -0.4 is 27.4 Å². The number of methoxy groups -OCH3 is 1. The van der Waals surface area contributed by atoms with Crippen molar-refractivity contribution in [2.45, 2.75) is 112 Å². The Morgan fingerprint density at radius 2 is 1.77 bits per heavy atom. The molecular weight excluding hydrogens is 514 g/mol. The van der Waals surface area contributed by atoms with Gasteiger partial charge in [0.15, 0.2) is 0 Å². The Kier molecular flexibility index (Phi) is 10.5. The summed E-state index contributed by atoms with van der Waals surface area (Å²) in [6, 6.07) is 1.01. The number of amides is 1. The minimum atomic E-state index is -0.713. The number of hydrogen-bond donors (Lipinski definition) is 5. The number of carbonyl (C=O) groups is 1. The SMILES string of the molecule is COC1CN(C2CCN(C3CCNCC3NC(=O)C(C(N)N)C3CC4(CCCCC4)CCC(Cl)CN3)CC2)C1. The van der Waals surface area contributed by atoms with Crippen molar-refractivity contribution in [3.05, 3.63) is 0 Å². The summed E-state index contributed by atoms with van der Waals surface area (Å²) in [7, 11) is 1.81. The van der Waals surface area contributed by atoms with Gasteiger partial charge in [0.1, 0.15) is 0 Å². The Morgan fingerprint density at radius 3 is 2.46 bits per heavy atom. The van der Waals surface area contributed by atoms with E-state index in [0.717, 1.165) is 65.0 Å². The highest BCUT2D eigenvalue weighted by Crippen LogP contribution is 2.46. The van der Waals surface area contributed by atoms with Crippen molar-refractivity contribution in [1.82, 2.24) is 25.8 Å². The first kappa shape index (κ1) is 30.0. The number of ether oxygens (including phenoxy) is 1. The molecule has 5 atom stereocenters. The zero-order chi connectivity index (χ0) is 27.4. The Hall–Kier alpha value is -0.520. The summed E-state index contributed by atoms with van der Waals surface area (Å²) < 4.78 is 5.48. The van der Waals surface area contributed by atoms with E-state index in [1.807, 2.05) is 7.11 Å². The maximum atomic E-state index is 14.0. The van der Waals surface area contributed by atoms with Gasteiger partial charge in [-0.1, -0.05) is 19.3 Å². The van der Waals surface area contributed by atoms with E-state index >= 15 is 0 Å². The fourth-order valence-electron chi connectivity index (χ4n) is 8.33. The highest BCUT2D eigenvalue weighted by Gasteiger charge is 2.43. The summed E-state index contributed by atoms with van der Waals surface area (Å²) in [5, 5.41) is 10.7. The molecule has 1 aliphatic carbocycles. The van der Waals surface area contributed by atoms with Crippen molar-refractivity contribution in [2.24, 2.45) is 22.8 Å². The van der Waals surface area contributed by atoms with Crippen molar-refractivity contribution in [1.29, 1.82) is 0 Å². The standard InChI is InChI=1S/C29H54ClN7O2/c1-39-22-18-37(19-22)21-7-13-36(14-8-21)25-6-12-33-17-24(25)35-28(38)26(27(31)32)23-15-29(9-3-2-4-10-29)11-5-20(30)16-34-23/h20-27,33-34H,2-19,31-32H2,1H3,(H,35,38). The molecular formula is C29H54ClN7O2. The van der Waals surface area contributed by atoms with Gasteiger partial charge in [0, 0.05) is 69.9 Å². The monoisotopic (exact) mass is 567 g/mol. The maximum Gasteiger partial charge on any atom is 0.227 e. The van der Waals surface area contributed by atoms with Crippen LogP contribution in [0.4, 0.5) is 0 Å². The lowest BCUT2D eigenvalue weighted by molar-refractivity contribution is -0.128. The van der Waals surface area contributed by atoms with Crippen molar-refractivity contribution in [2.75, 3.05) is 52.9 Å². The summed E-state index contributed by atoms with van der Waals surface area (Å²) in [4.78, 5) is 19.2. The van der Waals surface area contributed by atoms with Gasteiger partial charge in [0.05, 0.1) is 24.2 Å². The second kappa shape index (κ2) is 13.6. The quantitative estimate of drug-likeness (QED) is 0.230. The number of carbonyl (C=O) groups excluding carboxylic acids is 1. The van der Waals surface area contributed by atoms with Gasteiger partial charge in [-0.25, -0.2) is 0 Å². The normalized spacial score (nSPS) is 34.8. The molecule has 0 aromatic heterocycles. The number of halogens is 1. The Morgan fingerprint density at radius 1 is 1.03 bits per heavy atom. The van der Waals surface area contributed by atoms with Crippen molar-refractivity contribution in [3.8, 4) is 0 Å². The van der Waals surface area contributed by atoms with Crippen LogP contribution in [-0.4, -0.2) is 110 Å². The molecule has 5 unspecified atom stereocenters. The molecule has 1 amide bonds. The lowest BCUT2D eigenvalue weighted by Gasteiger charge is -2.49. The number of nitrogens with one attached hydrogen (secondary N) is 3. The number of alkyl halides is 1. The summed E-state index contributed by atoms with van der Waals surface area (Å²) in [6.45, 7) is 6.77. The fraction of sp³-hybridized carbons (Fsp3) is 0.966. The summed E-state index contributed by atoms with van der Waals surface area (Å²) >= 11 is 6.69. The first-order valence-electron chi connectivity index (χ1n) is 15.8. The van der Waals surface area contributed by atoms with E-state index in [4.69, 9.17) is 27.8 Å². The van der Waals surface area contributed by atoms with Crippen LogP contribution in [0.15, 0.2) is 0 Å². The minimum absolute atomic E-state index is 0.0000668. The van der Waals surface area contributed by atoms with Gasteiger partial charge in [-0.3, -0.25) is 14.6 Å². The molecule has 0 aromatic rings. The average molecular weight is 568 g/mol. The molecule has 1 saturated carbocycles. The Labute approximate surface area is 240 Å². The van der Waals surface area contributed by atoms with E-state index < -0.39 is 12.1 Å². The van der Waals surface area contributed by atoms with Crippen molar-refractivity contribution >= 4 is 17.5 Å². The molecule has 4 heterocycles. The largest absolute Gasteiger partial charge is 0.379 e. The van der Waals surface area contributed by atoms with Gasteiger partial charge in [0.2, 0.25) is 5.91 Å². The molecule has 5 aliphatic rings. The van der Waals surface area contributed by atoms with E-state index in [2.05, 4.69) is 25.8 Å². The molecule has 1 spiro atoms. The fourth-order valence-corrected chi connectivity index (χ4v) is 8.53. The molecule has 5 rings (SSSR count). The molecule has 10 heteroatoms. The maximum absolute atomic E-state index is 14.0. The van der Waals surface area contributed by atoms with Gasteiger partial charge >= 0.3 is 0 Å². The third-order valence-electron chi connectivity index (χ3n) is 10.8. The van der Waals surface area contributed by atoms with E-state index in [9.17, 15) is 4.79 Å². The molecule has 7 N–H and O–H groups in total. The van der Waals surface area contributed by atoms with Crippen LogP contribution in [0.3, 0.4) is 0 Å². The molecule has 39 heavy (non-hydrogen) atoms. The smallest absolute Gasteiger partial charge is 0.227 e. The lowest BCUT2D eigenvalue weighted by Crippen LogP contribution is -2.65. The second-order valence-corrected chi connectivity index (χ2v) is 13.9.